The largest absolute Gasteiger partial charge is 0.287 e. The highest BCUT2D eigenvalue weighted by Crippen LogP contribution is 2.21. The standard InChI is InChI=1S/C13H12ClFN2O/c1-3-17-12(10(14)7-16-17)13(18)9-5-4-8(2)6-11(9)15/h4-7H,3H2,1-2H3. The van der Waals surface area contributed by atoms with Crippen LogP contribution >= 0.6 is 11.6 Å². The van der Waals surface area contributed by atoms with Crippen LogP contribution in [0.1, 0.15) is 28.5 Å². The van der Waals surface area contributed by atoms with Gasteiger partial charge in [-0.3, -0.25) is 9.48 Å². The van der Waals surface area contributed by atoms with Crippen molar-refractivity contribution < 1.29 is 9.18 Å². The molecule has 0 bridgehead atoms. The van der Waals surface area contributed by atoms with Crippen molar-refractivity contribution in [3.8, 4) is 0 Å². The fraction of sp³-hybridized carbons (Fsp3) is 0.231. The predicted molar refractivity (Wildman–Crippen MR) is 67.5 cm³/mol. The van der Waals surface area contributed by atoms with Crippen molar-refractivity contribution >= 4 is 17.4 Å². The summed E-state index contributed by atoms with van der Waals surface area (Å²) in [5, 5.41) is 4.21. The van der Waals surface area contributed by atoms with Crippen LogP contribution in [0.5, 0.6) is 0 Å². The zero-order valence-corrected chi connectivity index (χ0v) is 10.8. The van der Waals surface area contributed by atoms with Gasteiger partial charge in [0.1, 0.15) is 11.5 Å². The molecule has 0 saturated carbocycles. The maximum absolute atomic E-state index is 13.8. The lowest BCUT2D eigenvalue weighted by molar-refractivity contribution is 0.102. The normalized spacial score (nSPS) is 10.7. The Kier molecular flexibility index (Phi) is 3.48. The molecule has 0 atom stereocenters. The predicted octanol–water partition coefficient (Wildman–Crippen LogP) is 3.23. The average molecular weight is 267 g/mol. The van der Waals surface area contributed by atoms with Crippen molar-refractivity contribution in [2.75, 3.05) is 0 Å². The highest BCUT2D eigenvalue weighted by Gasteiger charge is 2.21. The summed E-state index contributed by atoms with van der Waals surface area (Å²) < 4.78 is 15.2. The van der Waals surface area contributed by atoms with Crippen LogP contribution in [0.15, 0.2) is 24.4 Å². The molecule has 1 heterocycles. The second kappa shape index (κ2) is 4.90. The van der Waals surface area contributed by atoms with E-state index in [2.05, 4.69) is 5.10 Å². The second-order valence-electron chi connectivity index (χ2n) is 3.97. The van der Waals surface area contributed by atoms with Gasteiger partial charge in [-0.15, -0.1) is 0 Å². The number of carbonyl (C=O) groups excluding carboxylic acids is 1. The Hall–Kier alpha value is -1.68. The molecule has 0 amide bonds. The van der Waals surface area contributed by atoms with E-state index in [1.165, 1.54) is 23.0 Å². The van der Waals surface area contributed by atoms with Gasteiger partial charge in [0.25, 0.3) is 0 Å². The van der Waals surface area contributed by atoms with E-state index in [9.17, 15) is 9.18 Å². The molecule has 0 saturated heterocycles. The van der Waals surface area contributed by atoms with Gasteiger partial charge in [-0.1, -0.05) is 17.7 Å². The third-order valence-corrected chi connectivity index (χ3v) is 2.96. The molecule has 3 nitrogen and oxygen atoms in total. The number of rotatable bonds is 3. The first-order valence-corrected chi connectivity index (χ1v) is 5.94. The first-order chi connectivity index (χ1) is 8.54. The molecule has 94 valence electrons. The van der Waals surface area contributed by atoms with Crippen molar-refractivity contribution in [1.29, 1.82) is 0 Å². The monoisotopic (exact) mass is 266 g/mol. The minimum Gasteiger partial charge on any atom is -0.287 e. The fourth-order valence-electron chi connectivity index (χ4n) is 1.76. The van der Waals surface area contributed by atoms with E-state index in [-0.39, 0.29) is 16.3 Å². The SMILES string of the molecule is CCn1ncc(Cl)c1C(=O)c1ccc(C)cc1F. The number of ketones is 1. The molecule has 0 unspecified atom stereocenters. The van der Waals surface area contributed by atoms with Crippen LogP contribution in [0, 0.1) is 12.7 Å². The topological polar surface area (TPSA) is 34.9 Å². The first-order valence-electron chi connectivity index (χ1n) is 5.56. The van der Waals surface area contributed by atoms with Crippen LogP contribution in [0.25, 0.3) is 0 Å². The molecule has 0 aliphatic rings. The molecule has 18 heavy (non-hydrogen) atoms. The van der Waals surface area contributed by atoms with Gasteiger partial charge in [0.15, 0.2) is 0 Å². The maximum atomic E-state index is 13.8. The van der Waals surface area contributed by atoms with Crippen molar-refractivity contribution in [2.45, 2.75) is 20.4 Å². The molecule has 0 aliphatic carbocycles. The summed E-state index contributed by atoms with van der Waals surface area (Å²) in [6, 6.07) is 4.49. The van der Waals surface area contributed by atoms with E-state index in [4.69, 9.17) is 11.6 Å². The summed E-state index contributed by atoms with van der Waals surface area (Å²) in [5.74, 6) is -0.989. The summed E-state index contributed by atoms with van der Waals surface area (Å²) in [4.78, 5) is 12.3. The fourth-order valence-corrected chi connectivity index (χ4v) is 1.99. The molecule has 0 fully saturated rings. The summed E-state index contributed by atoms with van der Waals surface area (Å²) in [6.07, 6.45) is 1.39. The van der Waals surface area contributed by atoms with Gasteiger partial charge in [0, 0.05) is 6.54 Å². The lowest BCUT2D eigenvalue weighted by Crippen LogP contribution is -2.12. The average Bonchev–Trinajstić information content (AvgIpc) is 2.69. The number of benzene rings is 1. The molecule has 1 aromatic carbocycles. The minimum atomic E-state index is -0.542. The van der Waals surface area contributed by atoms with Crippen molar-refractivity contribution in [3.63, 3.8) is 0 Å². The van der Waals surface area contributed by atoms with Crippen LogP contribution in [0.3, 0.4) is 0 Å². The summed E-state index contributed by atoms with van der Waals surface area (Å²) in [6.45, 7) is 4.10. The van der Waals surface area contributed by atoms with E-state index in [0.717, 1.165) is 5.56 Å². The number of nitrogens with zero attached hydrogens (tertiary/aromatic N) is 2. The molecule has 0 N–H and O–H groups in total. The molecule has 0 aliphatic heterocycles. The van der Waals surface area contributed by atoms with Gasteiger partial charge in [-0.25, -0.2) is 4.39 Å². The van der Waals surface area contributed by atoms with E-state index >= 15 is 0 Å². The Bertz CT molecular complexity index is 607. The quantitative estimate of drug-likeness (QED) is 0.800. The van der Waals surface area contributed by atoms with Crippen LogP contribution in [0.2, 0.25) is 5.02 Å². The van der Waals surface area contributed by atoms with Gasteiger partial charge in [0.05, 0.1) is 16.8 Å². The van der Waals surface area contributed by atoms with E-state index in [1.54, 1.807) is 13.0 Å². The second-order valence-corrected chi connectivity index (χ2v) is 4.38. The maximum Gasteiger partial charge on any atom is 0.215 e. The molecule has 2 rings (SSSR count). The molecular weight excluding hydrogens is 255 g/mol. The van der Waals surface area contributed by atoms with Crippen molar-refractivity contribution in [2.24, 2.45) is 0 Å². The Morgan fingerprint density at radius 2 is 2.22 bits per heavy atom. The summed E-state index contributed by atoms with van der Waals surface area (Å²) in [7, 11) is 0. The van der Waals surface area contributed by atoms with E-state index in [0.29, 0.717) is 6.54 Å². The first kappa shape index (κ1) is 12.8. The van der Waals surface area contributed by atoms with E-state index in [1.807, 2.05) is 6.92 Å². The van der Waals surface area contributed by atoms with Gasteiger partial charge >= 0.3 is 0 Å². The van der Waals surface area contributed by atoms with Gasteiger partial charge in [-0.2, -0.15) is 5.10 Å². The van der Waals surface area contributed by atoms with Crippen LogP contribution in [0.4, 0.5) is 4.39 Å². The van der Waals surface area contributed by atoms with Gasteiger partial charge in [-0.05, 0) is 31.5 Å². The zero-order chi connectivity index (χ0) is 13.3. The van der Waals surface area contributed by atoms with Crippen LogP contribution in [-0.2, 0) is 6.54 Å². The highest BCUT2D eigenvalue weighted by molar-refractivity contribution is 6.34. The van der Waals surface area contributed by atoms with E-state index < -0.39 is 11.6 Å². The summed E-state index contributed by atoms with van der Waals surface area (Å²) >= 11 is 5.93. The smallest absolute Gasteiger partial charge is 0.215 e. The molecule has 1 aromatic heterocycles. The minimum absolute atomic E-state index is 0.0118. The van der Waals surface area contributed by atoms with Gasteiger partial charge in [0.2, 0.25) is 5.78 Å². The lowest BCUT2D eigenvalue weighted by atomic mass is 10.1. The summed E-state index contributed by atoms with van der Waals surface area (Å²) in [5.41, 5.74) is 0.999. The number of halogens is 2. The van der Waals surface area contributed by atoms with Crippen LogP contribution < -0.4 is 0 Å². The molecular formula is C13H12ClFN2O. The highest BCUT2D eigenvalue weighted by atomic mass is 35.5. The number of aromatic nitrogens is 2. The lowest BCUT2D eigenvalue weighted by Gasteiger charge is -2.06. The Morgan fingerprint density at radius 1 is 1.50 bits per heavy atom. The van der Waals surface area contributed by atoms with Crippen LogP contribution in [-0.4, -0.2) is 15.6 Å². The Morgan fingerprint density at radius 3 is 2.83 bits per heavy atom. The molecule has 0 radical (unpaired) electrons. The number of hydrogen-bond acceptors (Lipinski definition) is 2. The number of carbonyl (C=O) groups is 1. The molecule has 5 heteroatoms. The number of hydrogen-bond donors (Lipinski definition) is 0. The molecule has 2 aromatic rings. The van der Waals surface area contributed by atoms with Gasteiger partial charge < -0.3 is 0 Å². The Balaban J connectivity index is 2.51. The van der Waals surface area contributed by atoms with Crippen molar-refractivity contribution in [3.05, 3.63) is 52.1 Å². The molecule has 0 spiro atoms. The third-order valence-electron chi connectivity index (χ3n) is 2.68. The zero-order valence-electron chi connectivity index (χ0n) is 10.1. The number of aryl methyl sites for hydroxylation is 2. The Labute approximate surface area is 109 Å². The third kappa shape index (κ3) is 2.16. The van der Waals surface area contributed by atoms with Crippen molar-refractivity contribution in [1.82, 2.24) is 9.78 Å².